The number of aromatic nitrogens is 1. The van der Waals surface area contributed by atoms with E-state index in [1.165, 1.54) is 23.9 Å². The van der Waals surface area contributed by atoms with Crippen LogP contribution in [0.2, 0.25) is 0 Å². The fraction of sp³-hybridized carbons (Fsp3) is 0. The second-order valence-electron chi connectivity index (χ2n) is 3.36. The van der Waals surface area contributed by atoms with Gasteiger partial charge in [-0.25, -0.2) is 14.2 Å². The predicted molar refractivity (Wildman–Crippen MR) is 69.4 cm³/mol. The lowest BCUT2D eigenvalue weighted by Gasteiger charge is -2.05. The zero-order chi connectivity index (χ0) is 13.1. The highest BCUT2D eigenvalue weighted by Gasteiger charge is 2.12. The molecule has 92 valence electrons. The van der Waals surface area contributed by atoms with Crippen LogP contribution >= 0.6 is 27.7 Å². The van der Waals surface area contributed by atoms with Crippen LogP contribution in [0, 0.1) is 5.82 Å². The highest BCUT2D eigenvalue weighted by atomic mass is 79.9. The van der Waals surface area contributed by atoms with Gasteiger partial charge in [0.25, 0.3) is 0 Å². The molecule has 0 aliphatic rings. The van der Waals surface area contributed by atoms with Crippen molar-refractivity contribution in [2.45, 2.75) is 9.92 Å². The van der Waals surface area contributed by atoms with E-state index >= 15 is 0 Å². The molecule has 18 heavy (non-hydrogen) atoms. The van der Waals surface area contributed by atoms with E-state index in [-0.39, 0.29) is 5.56 Å². The summed E-state index contributed by atoms with van der Waals surface area (Å²) in [6, 6.07) is 7.23. The molecule has 0 saturated heterocycles. The zero-order valence-corrected chi connectivity index (χ0v) is 11.3. The molecular formula is C12H7BrFNO2S. The van der Waals surface area contributed by atoms with Gasteiger partial charge in [-0.2, -0.15) is 0 Å². The maximum Gasteiger partial charge on any atom is 0.336 e. The van der Waals surface area contributed by atoms with Gasteiger partial charge in [0.05, 0.1) is 5.56 Å². The molecule has 1 aromatic carbocycles. The molecule has 0 spiro atoms. The monoisotopic (exact) mass is 327 g/mol. The maximum atomic E-state index is 13.0. The lowest BCUT2D eigenvalue weighted by molar-refractivity contribution is 0.0692. The number of hydrogen-bond donors (Lipinski definition) is 1. The molecule has 0 fully saturated rings. The van der Waals surface area contributed by atoms with Crippen molar-refractivity contribution in [2.75, 3.05) is 0 Å². The first-order chi connectivity index (χ1) is 8.56. The molecule has 0 aliphatic heterocycles. The first kappa shape index (κ1) is 13.0. The number of carboxylic acid groups (broad SMARTS) is 1. The van der Waals surface area contributed by atoms with Gasteiger partial charge in [0.2, 0.25) is 0 Å². The van der Waals surface area contributed by atoms with Crippen molar-refractivity contribution in [1.29, 1.82) is 0 Å². The largest absolute Gasteiger partial charge is 0.478 e. The number of carboxylic acids is 1. The Morgan fingerprint density at radius 1 is 1.33 bits per heavy atom. The van der Waals surface area contributed by atoms with Crippen LogP contribution < -0.4 is 0 Å². The van der Waals surface area contributed by atoms with E-state index in [1.807, 2.05) is 0 Å². The van der Waals surface area contributed by atoms with E-state index in [9.17, 15) is 9.18 Å². The third kappa shape index (κ3) is 3.08. The Balaban J connectivity index is 2.34. The van der Waals surface area contributed by atoms with Crippen molar-refractivity contribution in [2.24, 2.45) is 0 Å². The van der Waals surface area contributed by atoms with Gasteiger partial charge in [0, 0.05) is 15.6 Å². The molecule has 1 aromatic heterocycles. The molecule has 2 rings (SSSR count). The SMILES string of the molecule is O=C(O)c1cc(F)ccc1Sc1ccc(Br)cn1. The topological polar surface area (TPSA) is 50.2 Å². The third-order valence-electron chi connectivity index (χ3n) is 2.09. The number of halogens is 2. The van der Waals surface area contributed by atoms with E-state index in [2.05, 4.69) is 20.9 Å². The second kappa shape index (κ2) is 5.49. The second-order valence-corrected chi connectivity index (χ2v) is 5.34. The Labute approximate surface area is 115 Å². The highest BCUT2D eigenvalue weighted by molar-refractivity contribution is 9.10. The molecule has 0 amide bonds. The summed E-state index contributed by atoms with van der Waals surface area (Å²) < 4.78 is 13.8. The van der Waals surface area contributed by atoms with E-state index in [4.69, 9.17) is 5.11 Å². The van der Waals surface area contributed by atoms with Gasteiger partial charge in [-0.15, -0.1) is 0 Å². The van der Waals surface area contributed by atoms with E-state index in [0.717, 1.165) is 10.5 Å². The first-order valence-corrected chi connectivity index (χ1v) is 6.49. The summed E-state index contributed by atoms with van der Waals surface area (Å²) in [5, 5.41) is 9.65. The summed E-state index contributed by atoms with van der Waals surface area (Å²) in [6.45, 7) is 0. The maximum absolute atomic E-state index is 13.0. The Bertz CT molecular complexity index is 589. The Kier molecular flexibility index (Phi) is 3.98. The Morgan fingerprint density at radius 3 is 2.72 bits per heavy atom. The number of pyridine rings is 1. The van der Waals surface area contributed by atoms with E-state index in [1.54, 1.807) is 18.3 Å². The third-order valence-corrected chi connectivity index (χ3v) is 3.58. The van der Waals surface area contributed by atoms with Crippen molar-refractivity contribution >= 4 is 33.7 Å². The van der Waals surface area contributed by atoms with Crippen LogP contribution in [-0.4, -0.2) is 16.1 Å². The van der Waals surface area contributed by atoms with Crippen molar-refractivity contribution in [1.82, 2.24) is 4.98 Å². The van der Waals surface area contributed by atoms with Crippen molar-refractivity contribution < 1.29 is 14.3 Å². The van der Waals surface area contributed by atoms with Crippen LogP contribution in [-0.2, 0) is 0 Å². The van der Waals surface area contributed by atoms with Gasteiger partial charge >= 0.3 is 5.97 Å². The van der Waals surface area contributed by atoms with Gasteiger partial charge < -0.3 is 5.11 Å². The summed E-state index contributed by atoms with van der Waals surface area (Å²) in [5.41, 5.74) is -0.0651. The number of nitrogens with zero attached hydrogens (tertiary/aromatic N) is 1. The summed E-state index contributed by atoms with van der Waals surface area (Å²) in [5.74, 6) is -1.73. The van der Waals surface area contributed by atoms with Crippen molar-refractivity contribution in [3.8, 4) is 0 Å². The Hall–Kier alpha value is -1.40. The standard InChI is InChI=1S/C12H7BrFNO2S/c13-7-1-4-11(15-6-7)18-10-3-2-8(14)5-9(10)12(16)17/h1-6H,(H,16,17). The molecule has 1 heterocycles. The Morgan fingerprint density at radius 2 is 2.11 bits per heavy atom. The molecule has 0 saturated carbocycles. The lowest BCUT2D eigenvalue weighted by Crippen LogP contribution is -1.99. The van der Waals surface area contributed by atoms with Gasteiger partial charge in [-0.05, 0) is 46.3 Å². The van der Waals surface area contributed by atoms with Gasteiger partial charge in [0.15, 0.2) is 0 Å². The predicted octanol–water partition coefficient (Wildman–Crippen LogP) is 3.83. The van der Waals surface area contributed by atoms with E-state index in [0.29, 0.717) is 9.92 Å². The number of hydrogen-bond acceptors (Lipinski definition) is 3. The van der Waals surface area contributed by atoms with Crippen LogP contribution in [0.25, 0.3) is 0 Å². The zero-order valence-electron chi connectivity index (χ0n) is 8.93. The summed E-state index contributed by atoms with van der Waals surface area (Å²) in [4.78, 5) is 15.6. The van der Waals surface area contributed by atoms with Gasteiger partial charge in [-0.1, -0.05) is 11.8 Å². The molecule has 0 unspecified atom stereocenters. The van der Waals surface area contributed by atoms with Crippen LogP contribution in [0.5, 0.6) is 0 Å². The number of carbonyl (C=O) groups is 1. The molecular weight excluding hydrogens is 321 g/mol. The number of benzene rings is 1. The van der Waals surface area contributed by atoms with Crippen molar-refractivity contribution in [3.05, 3.63) is 52.4 Å². The quantitative estimate of drug-likeness (QED) is 0.930. The molecule has 0 aliphatic carbocycles. The van der Waals surface area contributed by atoms with Crippen LogP contribution in [0.1, 0.15) is 10.4 Å². The molecule has 3 nitrogen and oxygen atoms in total. The molecule has 6 heteroatoms. The minimum Gasteiger partial charge on any atom is -0.478 e. The fourth-order valence-corrected chi connectivity index (χ4v) is 2.39. The molecule has 2 aromatic rings. The minimum absolute atomic E-state index is 0.0651. The highest BCUT2D eigenvalue weighted by Crippen LogP contribution is 2.30. The van der Waals surface area contributed by atoms with Crippen LogP contribution in [0.15, 0.2) is 50.9 Å². The van der Waals surface area contributed by atoms with Crippen LogP contribution in [0.4, 0.5) is 4.39 Å². The summed E-state index contributed by atoms with van der Waals surface area (Å²) in [6.07, 6.45) is 1.62. The summed E-state index contributed by atoms with van der Waals surface area (Å²) >= 11 is 4.44. The number of rotatable bonds is 3. The molecule has 0 radical (unpaired) electrons. The van der Waals surface area contributed by atoms with Crippen LogP contribution in [0.3, 0.4) is 0 Å². The average molecular weight is 328 g/mol. The van der Waals surface area contributed by atoms with Gasteiger partial charge in [-0.3, -0.25) is 0 Å². The minimum atomic E-state index is -1.16. The smallest absolute Gasteiger partial charge is 0.336 e. The molecule has 0 atom stereocenters. The normalized spacial score (nSPS) is 10.3. The van der Waals surface area contributed by atoms with Crippen molar-refractivity contribution in [3.63, 3.8) is 0 Å². The molecule has 1 N–H and O–H groups in total. The van der Waals surface area contributed by atoms with Gasteiger partial charge in [0.1, 0.15) is 10.8 Å². The fourth-order valence-electron chi connectivity index (χ4n) is 1.29. The molecule has 0 bridgehead atoms. The van der Waals surface area contributed by atoms with E-state index < -0.39 is 11.8 Å². The number of aromatic carboxylic acids is 1. The first-order valence-electron chi connectivity index (χ1n) is 4.88. The average Bonchev–Trinajstić information content (AvgIpc) is 2.34. The summed E-state index contributed by atoms with van der Waals surface area (Å²) in [7, 11) is 0. The lowest BCUT2D eigenvalue weighted by atomic mass is 10.2.